The standard InChI is InChI=1S/C21H33N3O3/c1-5-23-15(2)13-18(16(23)3)21(26)22-11-9-19-17(14-22)7-8-20(25)24(19)10-6-12-27-4/h13,17,19H,5-12,14H2,1-4H3/t17-,19+/m0/s1. The number of aryl methyl sites for hydroxylation is 1. The summed E-state index contributed by atoms with van der Waals surface area (Å²) in [6.45, 7) is 10.0. The molecule has 3 heterocycles. The molecule has 2 aliphatic heterocycles. The van der Waals surface area contributed by atoms with Crippen molar-refractivity contribution in [2.24, 2.45) is 5.92 Å². The van der Waals surface area contributed by atoms with Crippen LogP contribution in [0.3, 0.4) is 0 Å². The minimum absolute atomic E-state index is 0.143. The largest absolute Gasteiger partial charge is 0.385 e. The number of likely N-dealkylation sites (tertiary alicyclic amines) is 2. The first-order valence-corrected chi connectivity index (χ1v) is 10.2. The number of rotatable bonds is 6. The van der Waals surface area contributed by atoms with Gasteiger partial charge in [0.15, 0.2) is 0 Å². The number of nitrogens with zero attached hydrogens (tertiary/aromatic N) is 3. The van der Waals surface area contributed by atoms with Crippen LogP contribution in [0, 0.1) is 19.8 Å². The fourth-order valence-corrected chi connectivity index (χ4v) is 4.88. The number of hydrogen-bond acceptors (Lipinski definition) is 3. The van der Waals surface area contributed by atoms with Crippen LogP contribution in [0.1, 0.15) is 54.4 Å². The lowest BCUT2D eigenvalue weighted by Gasteiger charge is -2.47. The molecule has 6 nitrogen and oxygen atoms in total. The van der Waals surface area contributed by atoms with Crippen molar-refractivity contribution in [2.75, 3.05) is 33.4 Å². The maximum atomic E-state index is 13.1. The van der Waals surface area contributed by atoms with Crippen LogP contribution in [0.5, 0.6) is 0 Å². The van der Waals surface area contributed by atoms with E-state index in [0.29, 0.717) is 18.9 Å². The first kappa shape index (κ1) is 19.9. The van der Waals surface area contributed by atoms with Crippen LogP contribution >= 0.6 is 0 Å². The van der Waals surface area contributed by atoms with Crippen molar-refractivity contribution in [2.45, 2.75) is 59.0 Å². The maximum Gasteiger partial charge on any atom is 0.255 e. The van der Waals surface area contributed by atoms with Gasteiger partial charge < -0.3 is 19.1 Å². The van der Waals surface area contributed by atoms with Crippen molar-refractivity contribution in [1.82, 2.24) is 14.4 Å². The Morgan fingerprint density at radius 1 is 1.30 bits per heavy atom. The highest BCUT2D eigenvalue weighted by Crippen LogP contribution is 2.32. The molecule has 1 aromatic heterocycles. The van der Waals surface area contributed by atoms with E-state index in [1.807, 2.05) is 17.9 Å². The van der Waals surface area contributed by atoms with Gasteiger partial charge in [-0.1, -0.05) is 0 Å². The van der Waals surface area contributed by atoms with Gasteiger partial charge >= 0.3 is 0 Å². The highest BCUT2D eigenvalue weighted by Gasteiger charge is 2.40. The van der Waals surface area contributed by atoms with Crippen molar-refractivity contribution in [3.8, 4) is 0 Å². The van der Waals surface area contributed by atoms with E-state index in [0.717, 1.165) is 62.4 Å². The minimum atomic E-state index is 0.143. The molecule has 0 spiro atoms. The summed E-state index contributed by atoms with van der Waals surface area (Å²) < 4.78 is 7.33. The lowest BCUT2D eigenvalue weighted by atomic mass is 9.83. The molecule has 3 rings (SSSR count). The molecule has 27 heavy (non-hydrogen) atoms. The number of ether oxygens (including phenoxy) is 1. The fraction of sp³-hybridized carbons (Fsp3) is 0.714. The van der Waals surface area contributed by atoms with Crippen LogP contribution in [0.15, 0.2) is 6.07 Å². The molecule has 0 bridgehead atoms. The molecule has 0 radical (unpaired) electrons. The van der Waals surface area contributed by atoms with Crippen LogP contribution in [0.25, 0.3) is 0 Å². The van der Waals surface area contributed by atoms with Crippen molar-refractivity contribution in [3.63, 3.8) is 0 Å². The molecule has 0 N–H and O–H groups in total. The lowest BCUT2D eigenvalue weighted by molar-refractivity contribution is -0.140. The Bertz CT molecular complexity index is 697. The maximum absolute atomic E-state index is 13.1. The molecule has 2 amide bonds. The van der Waals surface area contributed by atoms with Gasteiger partial charge in [0.2, 0.25) is 5.91 Å². The smallest absolute Gasteiger partial charge is 0.255 e. The van der Waals surface area contributed by atoms with Crippen LogP contribution in [0.2, 0.25) is 0 Å². The summed E-state index contributed by atoms with van der Waals surface area (Å²) in [5.41, 5.74) is 3.03. The number of carbonyl (C=O) groups is 2. The fourth-order valence-electron chi connectivity index (χ4n) is 4.88. The van der Waals surface area contributed by atoms with E-state index in [1.165, 1.54) is 0 Å². The number of fused-ring (bicyclic) bond motifs is 1. The van der Waals surface area contributed by atoms with Gasteiger partial charge in [0.25, 0.3) is 5.91 Å². The second-order valence-electron chi connectivity index (χ2n) is 7.87. The molecule has 0 aliphatic carbocycles. The molecule has 150 valence electrons. The summed E-state index contributed by atoms with van der Waals surface area (Å²) >= 11 is 0. The van der Waals surface area contributed by atoms with Crippen molar-refractivity contribution < 1.29 is 14.3 Å². The van der Waals surface area contributed by atoms with Crippen molar-refractivity contribution in [3.05, 3.63) is 23.0 Å². The SMILES string of the molecule is CCn1c(C)cc(C(=O)N2CC[C@@H]3[C@@H](CCC(=O)N3CCCOC)C2)c1C. The average Bonchev–Trinajstić information content (AvgIpc) is 2.96. The van der Waals surface area contributed by atoms with E-state index < -0.39 is 0 Å². The molecule has 2 fully saturated rings. The van der Waals surface area contributed by atoms with Gasteiger partial charge in [-0.2, -0.15) is 0 Å². The van der Waals surface area contributed by atoms with E-state index in [1.54, 1.807) is 7.11 Å². The Morgan fingerprint density at radius 3 is 2.74 bits per heavy atom. The summed E-state index contributed by atoms with van der Waals surface area (Å²) in [4.78, 5) is 29.6. The Hall–Kier alpha value is -1.82. The molecular formula is C21H33N3O3. The van der Waals surface area contributed by atoms with Gasteiger partial charge in [-0.15, -0.1) is 0 Å². The summed E-state index contributed by atoms with van der Waals surface area (Å²) in [6.07, 6.45) is 3.24. The highest BCUT2D eigenvalue weighted by atomic mass is 16.5. The van der Waals surface area contributed by atoms with Gasteiger partial charge in [-0.3, -0.25) is 9.59 Å². The summed E-state index contributed by atoms with van der Waals surface area (Å²) in [5, 5.41) is 0. The number of methoxy groups -OCH3 is 1. The third-order valence-electron chi connectivity index (χ3n) is 6.30. The first-order valence-electron chi connectivity index (χ1n) is 10.2. The molecule has 6 heteroatoms. The average molecular weight is 376 g/mol. The molecule has 0 aromatic carbocycles. The predicted molar refractivity (Wildman–Crippen MR) is 105 cm³/mol. The third kappa shape index (κ3) is 3.91. The molecule has 2 atom stereocenters. The molecule has 2 aliphatic rings. The minimum Gasteiger partial charge on any atom is -0.385 e. The number of amides is 2. The van der Waals surface area contributed by atoms with Crippen LogP contribution in [-0.2, 0) is 16.1 Å². The van der Waals surface area contributed by atoms with Gasteiger partial charge in [-0.25, -0.2) is 0 Å². The topological polar surface area (TPSA) is 54.8 Å². The number of carbonyl (C=O) groups excluding carboxylic acids is 2. The molecular weight excluding hydrogens is 342 g/mol. The molecule has 0 saturated carbocycles. The summed E-state index contributed by atoms with van der Waals surface area (Å²) in [6, 6.07) is 2.30. The predicted octanol–water partition coefficient (Wildman–Crippen LogP) is 2.61. The van der Waals surface area contributed by atoms with E-state index in [9.17, 15) is 9.59 Å². The number of hydrogen-bond donors (Lipinski definition) is 0. The van der Waals surface area contributed by atoms with Crippen LogP contribution in [-0.4, -0.2) is 65.6 Å². The summed E-state index contributed by atoms with van der Waals surface area (Å²) in [7, 11) is 1.69. The zero-order chi connectivity index (χ0) is 19.6. The number of piperidine rings is 2. The van der Waals surface area contributed by atoms with E-state index in [4.69, 9.17) is 4.74 Å². The molecule has 0 unspecified atom stereocenters. The molecule has 2 saturated heterocycles. The lowest BCUT2D eigenvalue weighted by Crippen LogP contribution is -2.57. The van der Waals surface area contributed by atoms with Crippen LogP contribution < -0.4 is 0 Å². The monoisotopic (exact) mass is 375 g/mol. The Morgan fingerprint density at radius 2 is 2.07 bits per heavy atom. The normalized spacial score (nSPS) is 22.9. The second-order valence-corrected chi connectivity index (χ2v) is 7.87. The van der Waals surface area contributed by atoms with Gasteiger partial charge in [0.1, 0.15) is 0 Å². The van der Waals surface area contributed by atoms with Gasteiger partial charge in [-0.05, 0) is 52.0 Å². The van der Waals surface area contributed by atoms with E-state index >= 15 is 0 Å². The zero-order valence-electron chi connectivity index (χ0n) is 17.2. The third-order valence-corrected chi connectivity index (χ3v) is 6.30. The Kier molecular flexibility index (Phi) is 6.25. The quantitative estimate of drug-likeness (QED) is 0.718. The van der Waals surface area contributed by atoms with Crippen LogP contribution in [0.4, 0.5) is 0 Å². The van der Waals surface area contributed by atoms with E-state index in [-0.39, 0.29) is 17.9 Å². The summed E-state index contributed by atoms with van der Waals surface area (Å²) in [5.74, 6) is 0.792. The van der Waals surface area contributed by atoms with Crippen molar-refractivity contribution >= 4 is 11.8 Å². The van der Waals surface area contributed by atoms with Crippen molar-refractivity contribution in [1.29, 1.82) is 0 Å². The Balaban J connectivity index is 1.69. The highest BCUT2D eigenvalue weighted by molar-refractivity contribution is 5.95. The zero-order valence-corrected chi connectivity index (χ0v) is 17.2. The van der Waals surface area contributed by atoms with E-state index in [2.05, 4.69) is 23.3 Å². The Labute approximate surface area is 162 Å². The number of aromatic nitrogens is 1. The van der Waals surface area contributed by atoms with Gasteiger partial charge in [0.05, 0.1) is 5.56 Å². The van der Waals surface area contributed by atoms with Gasteiger partial charge in [0, 0.05) is 63.7 Å². The first-order chi connectivity index (χ1) is 13.0. The second kappa shape index (κ2) is 8.46. The molecule has 1 aromatic rings.